The van der Waals surface area contributed by atoms with E-state index in [2.05, 4.69) is 15.1 Å². The van der Waals surface area contributed by atoms with Crippen LogP contribution < -0.4 is 9.47 Å². The van der Waals surface area contributed by atoms with E-state index in [0.717, 1.165) is 5.75 Å². The van der Waals surface area contributed by atoms with Gasteiger partial charge in [-0.2, -0.15) is 5.10 Å². The Morgan fingerprint density at radius 2 is 1.85 bits per heavy atom. The lowest BCUT2D eigenvalue weighted by Crippen LogP contribution is -2.38. The topological polar surface area (TPSA) is 103 Å². The largest absolute Gasteiger partial charge is 0.497 e. The van der Waals surface area contributed by atoms with Crippen LogP contribution in [0, 0.1) is 0 Å². The van der Waals surface area contributed by atoms with Crippen molar-refractivity contribution < 1.29 is 19.4 Å². The first-order valence-corrected chi connectivity index (χ1v) is 8.63. The zero-order valence-corrected chi connectivity index (χ0v) is 14.8. The molecule has 0 unspecified atom stereocenters. The van der Waals surface area contributed by atoms with Gasteiger partial charge >= 0.3 is 6.09 Å². The first-order chi connectivity index (χ1) is 13.2. The van der Waals surface area contributed by atoms with Gasteiger partial charge in [0.15, 0.2) is 5.65 Å². The summed E-state index contributed by atoms with van der Waals surface area (Å²) in [5.74, 6) is 1.81. The molecule has 1 fully saturated rings. The Morgan fingerprint density at radius 1 is 1.15 bits per heavy atom. The number of hydrogen-bond acceptors (Lipinski definition) is 6. The normalized spacial score (nSPS) is 15.1. The average molecular weight is 369 g/mol. The highest BCUT2D eigenvalue weighted by molar-refractivity contribution is 5.80. The van der Waals surface area contributed by atoms with Crippen molar-refractivity contribution >= 4 is 17.1 Å². The Balaban J connectivity index is 1.57. The lowest BCUT2D eigenvalue weighted by Gasteiger charge is -2.30. The molecule has 1 aromatic carbocycles. The fraction of sp³-hybridized carbons (Fsp3) is 0.333. The van der Waals surface area contributed by atoms with Crippen LogP contribution in [-0.2, 0) is 0 Å². The Hall–Kier alpha value is -3.36. The van der Waals surface area contributed by atoms with Gasteiger partial charge in [-0.15, -0.1) is 0 Å². The number of aromatic nitrogens is 4. The van der Waals surface area contributed by atoms with Gasteiger partial charge < -0.3 is 19.5 Å². The molecule has 9 nitrogen and oxygen atoms in total. The number of benzene rings is 1. The minimum Gasteiger partial charge on any atom is -0.497 e. The Kier molecular flexibility index (Phi) is 4.49. The van der Waals surface area contributed by atoms with E-state index < -0.39 is 6.09 Å². The quantitative estimate of drug-likeness (QED) is 0.754. The van der Waals surface area contributed by atoms with E-state index in [4.69, 9.17) is 14.6 Å². The fourth-order valence-corrected chi connectivity index (χ4v) is 3.25. The number of ether oxygens (including phenoxy) is 2. The average Bonchev–Trinajstić information content (AvgIpc) is 3.14. The summed E-state index contributed by atoms with van der Waals surface area (Å²) in [6.07, 6.45) is 3.66. The summed E-state index contributed by atoms with van der Waals surface area (Å²) in [6, 6.07) is 7.33. The molecular formula is C18H19N5O4. The fourth-order valence-electron chi connectivity index (χ4n) is 3.25. The maximum absolute atomic E-state index is 11.1. The standard InChI is InChI=1S/C18H19N5O4/c1-26-13-2-4-14(5-3-13)27-17-15-10-21-23(16(15)19-11-20-17)12-6-8-22(9-7-12)18(24)25/h2-5,10-12H,6-9H2,1H3,(H,24,25). The number of carbonyl (C=O) groups is 1. The monoisotopic (exact) mass is 369 g/mol. The van der Waals surface area contributed by atoms with Crippen LogP contribution >= 0.6 is 0 Å². The lowest BCUT2D eigenvalue weighted by atomic mass is 10.1. The van der Waals surface area contributed by atoms with Gasteiger partial charge in [-0.1, -0.05) is 0 Å². The van der Waals surface area contributed by atoms with Gasteiger partial charge in [0.05, 0.1) is 19.3 Å². The molecule has 1 aliphatic rings. The van der Waals surface area contributed by atoms with E-state index in [0.29, 0.717) is 48.6 Å². The SMILES string of the molecule is COc1ccc(Oc2ncnc3c2cnn3C2CCN(C(=O)O)CC2)cc1. The molecule has 0 spiro atoms. The van der Waals surface area contributed by atoms with E-state index in [-0.39, 0.29) is 6.04 Å². The molecule has 3 heterocycles. The van der Waals surface area contributed by atoms with Gasteiger partial charge in [0.2, 0.25) is 5.88 Å². The van der Waals surface area contributed by atoms with Crippen LogP contribution in [0.1, 0.15) is 18.9 Å². The summed E-state index contributed by atoms with van der Waals surface area (Å²) in [7, 11) is 1.61. The summed E-state index contributed by atoms with van der Waals surface area (Å²) in [4.78, 5) is 21.1. The van der Waals surface area contributed by atoms with Gasteiger partial charge in [0.25, 0.3) is 0 Å². The molecule has 1 amide bonds. The molecule has 1 N–H and O–H groups in total. The first kappa shape index (κ1) is 17.1. The van der Waals surface area contributed by atoms with Crippen molar-refractivity contribution in [2.45, 2.75) is 18.9 Å². The maximum atomic E-state index is 11.1. The number of amides is 1. The second kappa shape index (κ2) is 7.10. The molecule has 1 aliphatic heterocycles. The number of hydrogen-bond donors (Lipinski definition) is 1. The van der Waals surface area contributed by atoms with Crippen LogP contribution in [0.3, 0.4) is 0 Å². The van der Waals surface area contributed by atoms with E-state index in [1.165, 1.54) is 11.2 Å². The Labute approximate surface area is 155 Å². The summed E-state index contributed by atoms with van der Waals surface area (Å²) in [6.45, 7) is 0.975. The van der Waals surface area contributed by atoms with Gasteiger partial charge in [-0.25, -0.2) is 19.4 Å². The molecule has 0 atom stereocenters. The summed E-state index contributed by atoms with van der Waals surface area (Å²) >= 11 is 0. The highest BCUT2D eigenvalue weighted by atomic mass is 16.5. The van der Waals surface area contributed by atoms with Crippen molar-refractivity contribution in [3.05, 3.63) is 36.8 Å². The third-order valence-electron chi connectivity index (χ3n) is 4.71. The van der Waals surface area contributed by atoms with Crippen LogP contribution in [0.2, 0.25) is 0 Å². The minimum absolute atomic E-state index is 0.0989. The maximum Gasteiger partial charge on any atom is 0.407 e. The molecule has 0 saturated carbocycles. The predicted molar refractivity (Wildman–Crippen MR) is 96.3 cm³/mol. The molecule has 9 heteroatoms. The summed E-state index contributed by atoms with van der Waals surface area (Å²) in [5.41, 5.74) is 0.683. The third kappa shape index (κ3) is 3.35. The van der Waals surface area contributed by atoms with Gasteiger partial charge in [-0.05, 0) is 37.1 Å². The molecule has 0 aliphatic carbocycles. The van der Waals surface area contributed by atoms with Crippen molar-refractivity contribution in [1.29, 1.82) is 0 Å². The van der Waals surface area contributed by atoms with Crippen LogP contribution in [0.15, 0.2) is 36.8 Å². The van der Waals surface area contributed by atoms with Crippen molar-refractivity contribution in [1.82, 2.24) is 24.6 Å². The molecule has 0 bridgehead atoms. The van der Waals surface area contributed by atoms with E-state index in [1.807, 2.05) is 16.8 Å². The highest BCUT2D eigenvalue weighted by Gasteiger charge is 2.26. The summed E-state index contributed by atoms with van der Waals surface area (Å²) in [5, 5.41) is 14.3. The Morgan fingerprint density at radius 3 is 2.52 bits per heavy atom. The molecule has 27 heavy (non-hydrogen) atoms. The predicted octanol–water partition coefficient (Wildman–Crippen LogP) is 2.94. The van der Waals surface area contributed by atoms with Crippen LogP contribution in [0.4, 0.5) is 4.79 Å². The molecule has 1 saturated heterocycles. The highest BCUT2D eigenvalue weighted by Crippen LogP contribution is 2.31. The van der Waals surface area contributed by atoms with Crippen molar-refractivity contribution in [3.8, 4) is 17.4 Å². The number of fused-ring (bicyclic) bond motifs is 1. The molecule has 2 aromatic heterocycles. The van der Waals surface area contributed by atoms with Gasteiger partial charge in [-0.3, -0.25) is 0 Å². The van der Waals surface area contributed by atoms with Gasteiger partial charge in [0.1, 0.15) is 23.2 Å². The number of rotatable bonds is 4. The van der Waals surface area contributed by atoms with Gasteiger partial charge in [0, 0.05) is 13.1 Å². The lowest BCUT2D eigenvalue weighted by molar-refractivity contribution is 0.124. The number of likely N-dealkylation sites (tertiary alicyclic amines) is 1. The van der Waals surface area contributed by atoms with Crippen molar-refractivity contribution in [2.75, 3.05) is 20.2 Å². The first-order valence-electron chi connectivity index (χ1n) is 8.63. The van der Waals surface area contributed by atoms with E-state index in [9.17, 15) is 4.79 Å². The van der Waals surface area contributed by atoms with Crippen LogP contribution in [-0.4, -0.2) is 56.0 Å². The number of methoxy groups -OCH3 is 1. The second-order valence-electron chi connectivity index (χ2n) is 6.28. The zero-order chi connectivity index (χ0) is 18.8. The minimum atomic E-state index is -0.878. The van der Waals surface area contributed by atoms with Crippen LogP contribution in [0.25, 0.3) is 11.0 Å². The Bertz CT molecular complexity index is 948. The number of nitrogens with zero attached hydrogens (tertiary/aromatic N) is 5. The molecule has 140 valence electrons. The zero-order valence-electron chi connectivity index (χ0n) is 14.8. The van der Waals surface area contributed by atoms with Crippen molar-refractivity contribution in [3.63, 3.8) is 0 Å². The van der Waals surface area contributed by atoms with E-state index >= 15 is 0 Å². The number of carboxylic acid groups (broad SMARTS) is 1. The molecule has 0 radical (unpaired) electrons. The van der Waals surface area contributed by atoms with E-state index in [1.54, 1.807) is 25.4 Å². The summed E-state index contributed by atoms with van der Waals surface area (Å²) < 4.78 is 12.9. The molecule has 3 aromatic rings. The third-order valence-corrected chi connectivity index (χ3v) is 4.71. The van der Waals surface area contributed by atoms with Crippen molar-refractivity contribution in [2.24, 2.45) is 0 Å². The second-order valence-corrected chi connectivity index (χ2v) is 6.28. The smallest absolute Gasteiger partial charge is 0.407 e. The molecular weight excluding hydrogens is 350 g/mol. The number of piperidine rings is 1. The van der Waals surface area contributed by atoms with Crippen LogP contribution in [0.5, 0.6) is 17.4 Å². The molecule has 4 rings (SSSR count).